The molecule has 0 saturated heterocycles. The van der Waals surface area contributed by atoms with Gasteiger partial charge >= 0.3 is 0 Å². The molecule has 7 heteroatoms. The monoisotopic (exact) mass is 375 g/mol. The summed E-state index contributed by atoms with van der Waals surface area (Å²) in [5, 5.41) is 5.92. The van der Waals surface area contributed by atoms with Gasteiger partial charge in [-0.2, -0.15) is 0 Å². The zero-order chi connectivity index (χ0) is 19.1. The van der Waals surface area contributed by atoms with Gasteiger partial charge in [0, 0.05) is 23.7 Å². The van der Waals surface area contributed by atoms with Crippen LogP contribution in [0.5, 0.6) is 0 Å². The Morgan fingerprint density at radius 1 is 1.12 bits per heavy atom. The van der Waals surface area contributed by atoms with Crippen LogP contribution >= 0.6 is 11.6 Å². The second kappa shape index (κ2) is 9.20. The number of carbonyl (C=O) groups excluding carboxylic acids is 2. The predicted octanol–water partition coefficient (Wildman–Crippen LogP) is 2.87. The Morgan fingerprint density at radius 2 is 1.85 bits per heavy atom. The number of rotatable bonds is 7. The lowest BCUT2D eigenvalue weighted by molar-refractivity contribution is -0.122. The molecule has 26 heavy (non-hydrogen) atoms. The van der Waals surface area contributed by atoms with Gasteiger partial charge in [-0.1, -0.05) is 36.7 Å². The summed E-state index contributed by atoms with van der Waals surface area (Å²) < 4.78 is 1.34. The molecule has 0 atom stereocenters. The van der Waals surface area contributed by atoms with E-state index in [0.717, 1.165) is 5.56 Å². The van der Waals surface area contributed by atoms with E-state index >= 15 is 0 Å². The molecule has 1 aromatic carbocycles. The summed E-state index contributed by atoms with van der Waals surface area (Å²) >= 11 is 6.07. The summed E-state index contributed by atoms with van der Waals surface area (Å²) in [7, 11) is 0. The maximum absolute atomic E-state index is 12.5. The lowest BCUT2D eigenvalue weighted by Gasteiger charge is -2.13. The maximum Gasteiger partial charge on any atom is 0.274 e. The highest BCUT2D eigenvalue weighted by Gasteiger charge is 2.12. The van der Waals surface area contributed by atoms with E-state index in [2.05, 4.69) is 10.6 Å². The van der Waals surface area contributed by atoms with E-state index in [1.165, 1.54) is 4.57 Å². The summed E-state index contributed by atoms with van der Waals surface area (Å²) in [4.78, 5) is 36.5. The van der Waals surface area contributed by atoms with Gasteiger partial charge in [0.2, 0.25) is 11.8 Å². The number of halogens is 1. The van der Waals surface area contributed by atoms with Gasteiger partial charge in [0.1, 0.15) is 12.2 Å². The smallest absolute Gasteiger partial charge is 0.274 e. The summed E-state index contributed by atoms with van der Waals surface area (Å²) in [5.74, 6) is -0.532. The molecule has 1 aromatic heterocycles. The third-order valence-electron chi connectivity index (χ3n) is 3.88. The van der Waals surface area contributed by atoms with Crippen LogP contribution in [0.3, 0.4) is 0 Å². The molecule has 0 aliphatic heterocycles. The second-order valence-corrected chi connectivity index (χ2v) is 6.35. The summed E-state index contributed by atoms with van der Waals surface area (Å²) in [6.45, 7) is 3.77. The number of pyridine rings is 1. The van der Waals surface area contributed by atoms with E-state index in [1.54, 1.807) is 25.1 Å². The first kappa shape index (κ1) is 19.7. The highest BCUT2D eigenvalue weighted by Crippen LogP contribution is 2.14. The van der Waals surface area contributed by atoms with Gasteiger partial charge in [0.15, 0.2) is 0 Å². The summed E-state index contributed by atoms with van der Waals surface area (Å²) in [6.07, 6.45) is 1.03. The van der Waals surface area contributed by atoms with E-state index in [1.807, 2.05) is 25.1 Å². The van der Waals surface area contributed by atoms with Gasteiger partial charge in [-0.3, -0.25) is 14.4 Å². The van der Waals surface area contributed by atoms with E-state index in [-0.39, 0.29) is 30.6 Å². The minimum absolute atomic E-state index is 0.132. The number of hydrogen-bond acceptors (Lipinski definition) is 3. The van der Waals surface area contributed by atoms with Crippen molar-refractivity contribution in [2.45, 2.75) is 39.8 Å². The molecule has 0 unspecified atom stereocenters. The van der Waals surface area contributed by atoms with Crippen molar-refractivity contribution in [2.75, 3.05) is 5.32 Å². The molecule has 0 radical (unpaired) electrons. The molecule has 2 amide bonds. The normalized spacial score (nSPS) is 10.4. The lowest BCUT2D eigenvalue weighted by atomic mass is 10.2. The molecule has 6 nitrogen and oxygen atoms in total. The molecule has 2 rings (SSSR count). The van der Waals surface area contributed by atoms with E-state index in [9.17, 15) is 14.4 Å². The van der Waals surface area contributed by atoms with Gasteiger partial charge in [0.05, 0.1) is 0 Å². The van der Waals surface area contributed by atoms with E-state index in [0.29, 0.717) is 23.6 Å². The second-order valence-electron chi connectivity index (χ2n) is 5.95. The maximum atomic E-state index is 12.5. The first-order valence-electron chi connectivity index (χ1n) is 8.42. The van der Waals surface area contributed by atoms with Gasteiger partial charge in [0.25, 0.3) is 5.56 Å². The van der Waals surface area contributed by atoms with Crippen LogP contribution in [0.15, 0.2) is 41.2 Å². The van der Waals surface area contributed by atoms with E-state index < -0.39 is 5.56 Å². The van der Waals surface area contributed by atoms with Gasteiger partial charge in [-0.05, 0) is 37.1 Å². The van der Waals surface area contributed by atoms with Crippen molar-refractivity contribution in [1.29, 1.82) is 0 Å². The van der Waals surface area contributed by atoms with Crippen LogP contribution in [-0.2, 0) is 22.7 Å². The van der Waals surface area contributed by atoms with Gasteiger partial charge < -0.3 is 15.2 Å². The fraction of sp³-hybridized carbons (Fsp3) is 0.316. The van der Waals surface area contributed by atoms with Crippen LogP contribution in [-0.4, -0.2) is 16.4 Å². The Kier molecular flexibility index (Phi) is 6.97. The fourth-order valence-corrected chi connectivity index (χ4v) is 2.64. The molecule has 0 aliphatic carbocycles. The Labute approximate surface area is 157 Å². The number of aryl methyl sites for hydroxylation is 1. The number of nitrogens with zero attached hydrogens (tertiary/aromatic N) is 1. The lowest BCUT2D eigenvalue weighted by Crippen LogP contribution is -2.34. The van der Waals surface area contributed by atoms with Crippen molar-refractivity contribution in [3.05, 3.63) is 63.0 Å². The number of carbonyl (C=O) groups is 2. The molecule has 2 aromatic rings. The number of benzene rings is 1. The third kappa shape index (κ3) is 5.20. The first-order chi connectivity index (χ1) is 12.4. The zero-order valence-electron chi connectivity index (χ0n) is 14.8. The highest BCUT2D eigenvalue weighted by atomic mass is 35.5. The van der Waals surface area contributed by atoms with Crippen molar-refractivity contribution in [3.63, 3.8) is 0 Å². The Bertz CT molecular complexity index is 861. The third-order valence-corrected chi connectivity index (χ3v) is 4.25. The zero-order valence-corrected chi connectivity index (χ0v) is 15.6. The molecular weight excluding hydrogens is 354 g/mol. The van der Waals surface area contributed by atoms with Crippen LogP contribution < -0.4 is 16.2 Å². The molecule has 0 aliphatic rings. The average molecular weight is 376 g/mol. The van der Waals surface area contributed by atoms with Gasteiger partial charge in [-0.25, -0.2) is 0 Å². The predicted molar refractivity (Wildman–Crippen MR) is 102 cm³/mol. The highest BCUT2D eigenvalue weighted by molar-refractivity contribution is 6.31. The Hall–Kier alpha value is -2.60. The fourth-order valence-electron chi connectivity index (χ4n) is 2.44. The largest absolute Gasteiger partial charge is 0.350 e. The van der Waals surface area contributed by atoms with Crippen LogP contribution in [0.2, 0.25) is 5.02 Å². The van der Waals surface area contributed by atoms with Crippen LogP contribution in [0.1, 0.15) is 31.0 Å². The van der Waals surface area contributed by atoms with Crippen molar-refractivity contribution in [2.24, 2.45) is 0 Å². The average Bonchev–Trinajstić information content (AvgIpc) is 2.60. The molecule has 0 bridgehead atoms. The number of anilines is 1. The Balaban J connectivity index is 2.08. The van der Waals surface area contributed by atoms with Crippen LogP contribution in [0.25, 0.3) is 0 Å². The van der Waals surface area contributed by atoms with E-state index in [4.69, 9.17) is 11.6 Å². The van der Waals surface area contributed by atoms with Crippen molar-refractivity contribution in [3.8, 4) is 0 Å². The topological polar surface area (TPSA) is 80.2 Å². The molecule has 1 heterocycles. The van der Waals surface area contributed by atoms with Crippen molar-refractivity contribution >= 4 is 29.1 Å². The van der Waals surface area contributed by atoms with Crippen LogP contribution in [0.4, 0.5) is 5.69 Å². The quantitative estimate of drug-likeness (QED) is 0.780. The number of aromatic nitrogens is 1. The summed E-state index contributed by atoms with van der Waals surface area (Å²) in [6, 6.07) is 10.5. The van der Waals surface area contributed by atoms with Crippen molar-refractivity contribution in [1.82, 2.24) is 9.88 Å². The molecule has 2 N–H and O–H groups in total. The number of nitrogens with one attached hydrogen (secondary N) is 2. The molecular formula is C19H22ClN3O3. The standard InChI is InChI=1S/C19H22ClN3O3/c1-3-6-17(24)22-16-10-9-13(2)23(19(16)26)12-18(25)21-11-14-7-4-5-8-15(14)20/h4-5,7-10H,3,6,11-12H2,1-2H3,(H,21,25)(H,22,24). The number of hydrogen-bond donors (Lipinski definition) is 2. The molecule has 0 fully saturated rings. The SMILES string of the molecule is CCCC(=O)Nc1ccc(C)n(CC(=O)NCc2ccccc2Cl)c1=O. The molecule has 0 spiro atoms. The van der Waals surface area contributed by atoms with Gasteiger partial charge in [-0.15, -0.1) is 0 Å². The molecule has 0 saturated carbocycles. The number of amides is 2. The van der Waals surface area contributed by atoms with Crippen molar-refractivity contribution < 1.29 is 9.59 Å². The Morgan fingerprint density at radius 3 is 2.54 bits per heavy atom. The minimum Gasteiger partial charge on any atom is -0.350 e. The molecule has 138 valence electrons. The minimum atomic E-state index is -0.401. The van der Waals surface area contributed by atoms with Crippen LogP contribution in [0, 0.1) is 6.92 Å². The summed E-state index contributed by atoms with van der Waals surface area (Å²) in [5.41, 5.74) is 1.21. The first-order valence-corrected chi connectivity index (χ1v) is 8.80.